The van der Waals surface area contributed by atoms with Crippen molar-refractivity contribution in [2.24, 2.45) is 0 Å². The van der Waals surface area contributed by atoms with Crippen LogP contribution in [0.1, 0.15) is 11.1 Å². The summed E-state index contributed by atoms with van der Waals surface area (Å²) in [5, 5.41) is 8.82. The molecule has 1 heterocycles. The Morgan fingerprint density at radius 3 is 2.50 bits per heavy atom. The van der Waals surface area contributed by atoms with Crippen molar-refractivity contribution in [1.82, 2.24) is 9.55 Å². The van der Waals surface area contributed by atoms with Crippen molar-refractivity contribution in [2.75, 3.05) is 0 Å². The number of nitriles is 1. The average Bonchev–Trinajstić information content (AvgIpc) is 2.97. The van der Waals surface area contributed by atoms with Crippen LogP contribution in [0.5, 0.6) is 11.6 Å². The van der Waals surface area contributed by atoms with Crippen molar-refractivity contribution >= 4 is 15.9 Å². The molecule has 108 valence electrons. The fourth-order valence-electron chi connectivity index (χ4n) is 2.02. The lowest BCUT2D eigenvalue weighted by atomic mass is 10.1. The molecule has 0 amide bonds. The molecular formula is C17H12BrN3O. The van der Waals surface area contributed by atoms with E-state index >= 15 is 0 Å². The Kier molecular flexibility index (Phi) is 4.22. The van der Waals surface area contributed by atoms with Crippen LogP contribution in [0.15, 0.2) is 65.5 Å². The Labute approximate surface area is 136 Å². The lowest BCUT2D eigenvalue weighted by molar-refractivity contribution is 0.436. The van der Waals surface area contributed by atoms with Crippen molar-refractivity contribution in [2.45, 2.75) is 6.54 Å². The lowest BCUT2D eigenvalue weighted by Gasteiger charge is -2.09. The molecular weight excluding hydrogens is 342 g/mol. The molecule has 0 atom stereocenters. The number of rotatable bonds is 4. The third-order valence-corrected chi connectivity index (χ3v) is 3.67. The Morgan fingerprint density at radius 2 is 1.82 bits per heavy atom. The Hall–Kier alpha value is -2.58. The maximum absolute atomic E-state index is 8.82. The van der Waals surface area contributed by atoms with Crippen LogP contribution in [0, 0.1) is 11.3 Å². The van der Waals surface area contributed by atoms with Gasteiger partial charge in [0, 0.05) is 4.47 Å². The van der Waals surface area contributed by atoms with Gasteiger partial charge in [-0.3, -0.25) is 4.57 Å². The van der Waals surface area contributed by atoms with Gasteiger partial charge >= 0.3 is 0 Å². The van der Waals surface area contributed by atoms with Gasteiger partial charge in [-0.05, 0) is 42.0 Å². The first kappa shape index (κ1) is 14.4. The van der Waals surface area contributed by atoms with Crippen LogP contribution in [0.2, 0.25) is 0 Å². The normalized spacial score (nSPS) is 10.2. The number of imidazole rings is 1. The van der Waals surface area contributed by atoms with E-state index in [0.717, 1.165) is 15.8 Å². The van der Waals surface area contributed by atoms with E-state index < -0.39 is 0 Å². The van der Waals surface area contributed by atoms with Crippen molar-refractivity contribution in [3.63, 3.8) is 0 Å². The maximum Gasteiger partial charge on any atom is 0.219 e. The predicted molar refractivity (Wildman–Crippen MR) is 86.7 cm³/mol. The second-order valence-electron chi connectivity index (χ2n) is 4.72. The van der Waals surface area contributed by atoms with Crippen LogP contribution in [0.25, 0.3) is 0 Å². The first-order valence-electron chi connectivity index (χ1n) is 6.67. The van der Waals surface area contributed by atoms with Crippen LogP contribution in [0.4, 0.5) is 0 Å². The first-order valence-corrected chi connectivity index (χ1v) is 7.46. The molecule has 4 nitrogen and oxygen atoms in total. The zero-order valence-corrected chi connectivity index (χ0v) is 13.2. The molecule has 22 heavy (non-hydrogen) atoms. The minimum absolute atomic E-state index is 0.636. The zero-order chi connectivity index (χ0) is 15.4. The summed E-state index contributed by atoms with van der Waals surface area (Å²) < 4.78 is 8.77. The number of hydrogen-bond acceptors (Lipinski definition) is 3. The van der Waals surface area contributed by atoms with Crippen molar-refractivity contribution in [3.05, 3.63) is 76.7 Å². The van der Waals surface area contributed by atoms with E-state index in [9.17, 15) is 0 Å². The van der Waals surface area contributed by atoms with E-state index in [1.165, 1.54) is 0 Å². The molecule has 0 aliphatic carbocycles. The number of ether oxygens (including phenoxy) is 1. The minimum Gasteiger partial charge on any atom is -0.439 e. The number of hydrogen-bond donors (Lipinski definition) is 0. The largest absolute Gasteiger partial charge is 0.439 e. The van der Waals surface area contributed by atoms with Gasteiger partial charge in [-0.2, -0.15) is 5.26 Å². The predicted octanol–water partition coefficient (Wildman–Crippen LogP) is 4.36. The molecule has 0 saturated heterocycles. The van der Waals surface area contributed by atoms with Gasteiger partial charge in [-0.15, -0.1) is 0 Å². The maximum atomic E-state index is 8.82. The average molecular weight is 354 g/mol. The van der Waals surface area contributed by atoms with E-state index in [4.69, 9.17) is 10.00 Å². The van der Waals surface area contributed by atoms with Gasteiger partial charge in [0.15, 0.2) is 0 Å². The molecule has 0 unspecified atom stereocenters. The number of halogens is 1. The van der Waals surface area contributed by atoms with E-state index in [2.05, 4.69) is 27.0 Å². The van der Waals surface area contributed by atoms with Crippen LogP contribution in [-0.4, -0.2) is 9.55 Å². The molecule has 1 aromatic heterocycles. The summed E-state index contributed by atoms with van der Waals surface area (Å²) in [6.45, 7) is 0.636. The van der Waals surface area contributed by atoms with Crippen LogP contribution in [0.3, 0.4) is 0 Å². The number of benzene rings is 2. The molecule has 0 aliphatic rings. The fourth-order valence-corrected chi connectivity index (χ4v) is 2.28. The number of nitrogens with zero attached hydrogens (tertiary/aromatic N) is 3. The smallest absolute Gasteiger partial charge is 0.219 e. The SMILES string of the molecule is N#Cc1ccc(Cn2cncc2Oc2ccc(Br)cc2)cc1. The highest BCUT2D eigenvalue weighted by molar-refractivity contribution is 9.10. The van der Waals surface area contributed by atoms with E-state index in [1.807, 2.05) is 53.1 Å². The Balaban J connectivity index is 1.76. The molecule has 0 fully saturated rings. The van der Waals surface area contributed by atoms with Crippen LogP contribution in [-0.2, 0) is 6.54 Å². The highest BCUT2D eigenvalue weighted by atomic mass is 79.9. The Morgan fingerprint density at radius 1 is 1.09 bits per heavy atom. The minimum atomic E-state index is 0.636. The molecule has 0 bridgehead atoms. The zero-order valence-electron chi connectivity index (χ0n) is 11.6. The highest BCUT2D eigenvalue weighted by Crippen LogP contribution is 2.23. The molecule has 0 N–H and O–H groups in total. The topological polar surface area (TPSA) is 50.8 Å². The molecule has 0 radical (unpaired) electrons. The molecule has 3 rings (SSSR count). The third kappa shape index (κ3) is 3.35. The second kappa shape index (κ2) is 6.46. The van der Waals surface area contributed by atoms with Gasteiger partial charge in [-0.1, -0.05) is 28.1 Å². The summed E-state index contributed by atoms with van der Waals surface area (Å²) in [7, 11) is 0. The van der Waals surface area contributed by atoms with Gasteiger partial charge in [0.1, 0.15) is 5.75 Å². The van der Waals surface area contributed by atoms with E-state index in [0.29, 0.717) is 18.0 Å². The molecule has 0 spiro atoms. The summed E-state index contributed by atoms with van der Waals surface area (Å²) in [6, 6.07) is 17.2. The first-order chi connectivity index (χ1) is 10.7. The highest BCUT2D eigenvalue weighted by Gasteiger charge is 2.06. The monoisotopic (exact) mass is 353 g/mol. The van der Waals surface area contributed by atoms with Gasteiger partial charge in [0.2, 0.25) is 5.88 Å². The van der Waals surface area contributed by atoms with E-state index in [1.54, 1.807) is 12.5 Å². The van der Waals surface area contributed by atoms with Crippen molar-refractivity contribution in [3.8, 4) is 17.7 Å². The standard InChI is InChI=1S/C17H12BrN3O/c18-15-5-7-16(8-6-15)22-17-10-20-12-21(17)11-14-3-1-13(9-19)2-4-14/h1-8,10,12H,11H2. The van der Waals surface area contributed by atoms with Crippen molar-refractivity contribution in [1.29, 1.82) is 5.26 Å². The summed E-state index contributed by atoms with van der Waals surface area (Å²) in [4.78, 5) is 4.14. The molecule has 2 aromatic carbocycles. The quantitative estimate of drug-likeness (QED) is 0.700. The molecule has 3 aromatic rings. The fraction of sp³-hybridized carbons (Fsp3) is 0.0588. The Bertz CT molecular complexity index is 801. The summed E-state index contributed by atoms with van der Waals surface area (Å²) >= 11 is 3.40. The van der Waals surface area contributed by atoms with Crippen molar-refractivity contribution < 1.29 is 4.74 Å². The van der Waals surface area contributed by atoms with Gasteiger partial charge < -0.3 is 4.74 Å². The number of aromatic nitrogens is 2. The summed E-state index contributed by atoms with van der Waals surface area (Å²) in [6.07, 6.45) is 3.41. The van der Waals surface area contributed by atoms with Crippen LogP contribution >= 0.6 is 15.9 Å². The summed E-state index contributed by atoms with van der Waals surface area (Å²) in [5.74, 6) is 1.43. The van der Waals surface area contributed by atoms with E-state index in [-0.39, 0.29) is 0 Å². The molecule has 0 aliphatic heterocycles. The summed E-state index contributed by atoms with van der Waals surface area (Å²) in [5.41, 5.74) is 1.73. The van der Waals surface area contributed by atoms with Gasteiger partial charge in [0.25, 0.3) is 0 Å². The van der Waals surface area contributed by atoms with Gasteiger partial charge in [-0.25, -0.2) is 4.98 Å². The van der Waals surface area contributed by atoms with Gasteiger partial charge in [0.05, 0.1) is 30.7 Å². The third-order valence-electron chi connectivity index (χ3n) is 3.15. The molecule has 0 saturated carbocycles. The second-order valence-corrected chi connectivity index (χ2v) is 5.64. The molecule has 5 heteroatoms. The van der Waals surface area contributed by atoms with Crippen LogP contribution < -0.4 is 4.74 Å². The lowest BCUT2D eigenvalue weighted by Crippen LogP contribution is -2.00.